The van der Waals surface area contributed by atoms with E-state index in [4.69, 9.17) is 10.8 Å². The Morgan fingerprint density at radius 1 is 1.53 bits per heavy atom. The van der Waals surface area contributed by atoms with Crippen molar-refractivity contribution in [3.63, 3.8) is 0 Å². The van der Waals surface area contributed by atoms with Gasteiger partial charge in [0.25, 0.3) is 0 Å². The van der Waals surface area contributed by atoms with Gasteiger partial charge in [-0.15, -0.1) is 0 Å². The summed E-state index contributed by atoms with van der Waals surface area (Å²) in [5.41, 5.74) is 4.51. The number of nitrogens with two attached hydrogens (primary N) is 1. The van der Waals surface area contributed by atoms with Crippen LogP contribution in [0.25, 0.3) is 11.0 Å². The van der Waals surface area contributed by atoms with Gasteiger partial charge in [-0.1, -0.05) is 0 Å². The largest absolute Gasteiger partial charge is 0.477 e. The predicted octanol–water partition coefficient (Wildman–Crippen LogP) is 1.15. The van der Waals surface area contributed by atoms with Gasteiger partial charge >= 0.3 is 5.97 Å². The van der Waals surface area contributed by atoms with Crippen molar-refractivity contribution in [1.82, 2.24) is 9.55 Å². The van der Waals surface area contributed by atoms with E-state index in [-0.39, 0.29) is 28.5 Å². The number of rotatable bonds is 2. The molecule has 1 aliphatic rings. The van der Waals surface area contributed by atoms with Crippen LogP contribution >= 0.6 is 0 Å². The number of aromatic nitrogens is 2. The van der Waals surface area contributed by atoms with E-state index in [0.29, 0.717) is 0 Å². The minimum absolute atomic E-state index is 0.0569. The van der Waals surface area contributed by atoms with Gasteiger partial charge in [-0.2, -0.15) is 0 Å². The number of hydrogen-bond acceptors (Lipinski definition) is 4. The van der Waals surface area contributed by atoms with Crippen molar-refractivity contribution < 1.29 is 14.3 Å². The molecule has 1 fully saturated rings. The van der Waals surface area contributed by atoms with Crippen LogP contribution in [0.5, 0.6) is 0 Å². The molecule has 1 saturated carbocycles. The lowest BCUT2D eigenvalue weighted by Gasteiger charge is -2.11. The lowest BCUT2D eigenvalue weighted by molar-refractivity contribution is 0.0695. The van der Waals surface area contributed by atoms with Gasteiger partial charge in [0.2, 0.25) is 5.43 Å². The first-order chi connectivity index (χ1) is 8.99. The van der Waals surface area contributed by atoms with Crippen LogP contribution in [0, 0.1) is 5.82 Å². The molecule has 2 heterocycles. The number of carboxylic acids is 1. The Labute approximate surface area is 106 Å². The van der Waals surface area contributed by atoms with E-state index < -0.39 is 17.2 Å². The minimum Gasteiger partial charge on any atom is -0.477 e. The molecule has 2 aromatic rings. The molecule has 0 amide bonds. The van der Waals surface area contributed by atoms with Crippen molar-refractivity contribution in [2.75, 3.05) is 5.73 Å². The average molecular weight is 263 g/mol. The lowest BCUT2D eigenvalue weighted by atomic mass is 10.2. The summed E-state index contributed by atoms with van der Waals surface area (Å²) in [6, 6.07) is 1.05. The van der Waals surface area contributed by atoms with E-state index >= 15 is 0 Å². The molecule has 0 saturated heterocycles. The summed E-state index contributed by atoms with van der Waals surface area (Å²) < 4.78 is 15.0. The molecule has 2 aromatic heterocycles. The molecule has 7 heteroatoms. The molecule has 0 radical (unpaired) electrons. The molecule has 3 N–H and O–H groups in total. The summed E-state index contributed by atoms with van der Waals surface area (Å²) in [5.74, 6) is -2.46. The van der Waals surface area contributed by atoms with Crippen molar-refractivity contribution >= 4 is 22.8 Å². The van der Waals surface area contributed by atoms with E-state index in [1.807, 2.05) is 0 Å². The number of hydrogen-bond donors (Lipinski definition) is 2. The highest BCUT2D eigenvalue weighted by atomic mass is 19.1. The quantitative estimate of drug-likeness (QED) is 0.846. The number of pyridine rings is 2. The fraction of sp³-hybridized carbons (Fsp3) is 0.250. The van der Waals surface area contributed by atoms with Gasteiger partial charge in [-0.3, -0.25) is 4.79 Å². The number of halogens is 1. The summed E-state index contributed by atoms with van der Waals surface area (Å²) in [6.07, 6.45) is 3.00. The Morgan fingerprint density at radius 3 is 2.79 bits per heavy atom. The van der Waals surface area contributed by atoms with Crippen molar-refractivity contribution in [2.45, 2.75) is 18.9 Å². The number of carboxylic acid groups (broad SMARTS) is 1. The number of nitrogen functional groups attached to an aromatic ring is 1. The Hall–Kier alpha value is -2.44. The van der Waals surface area contributed by atoms with E-state index in [1.54, 1.807) is 4.57 Å². The first kappa shape index (κ1) is 11.6. The maximum atomic E-state index is 13.4. The van der Waals surface area contributed by atoms with Gasteiger partial charge in [-0.05, 0) is 18.9 Å². The third kappa shape index (κ3) is 1.74. The van der Waals surface area contributed by atoms with Crippen LogP contribution in [0.15, 0.2) is 17.1 Å². The monoisotopic (exact) mass is 263 g/mol. The molecule has 0 bridgehead atoms. The molecular formula is C12H10FN3O3. The Balaban J connectivity index is 2.45. The zero-order valence-corrected chi connectivity index (χ0v) is 9.76. The molecular weight excluding hydrogens is 253 g/mol. The fourth-order valence-corrected chi connectivity index (χ4v) is 2.04. The van der Waals surface area contributed by atoms with Gasteiger partial charge in [0, 0.05) is 12.2 Å². The van der Waals surface area contributed by atoms with E-state index in [1.165, 1.54) is 6.20 Å². The first-order valence-corrected chi connectivity index (χ1v) is 5.73. The van der Waals surface area contributed by atoms with E-state index in [9.17, 15) is 14.0 Å². The molecule has 0 spiro atoms. The Morgan fingerprint density at radius 2 is 2.21 bits per heavy atom. The average Bonchev–Trinajstić information content (AvgIpc) is 3.16. The van der Waals surface area contributed by atoms with Crippen LogP contribution in [0.4, 0.5) is 10.2 Å². The Bertz CT molecular complexity index is 765. The second-order valence-electron chi connectivity index (χ2n) is 4.54. The number of nitrogens with zero attached hydrogens (tertiary/aromatic N) is 2. The summed E-state index contributed by atoms with van der Waals surface area (Å²) in [5, 5.41) is 8.97. The topological polar surface area (TPSA) is 98.2 Å². The predicted molar refractivity (Wildman–Crippen MR) is 65.6 cm³/mol. The third-order valence-corrected chi connectivity index (χ3v) is 3.16. The summed E-state index contributed by atoms with van der Waals surface area (Å²) >= 11 is 0. The first-order valence-electron chi connectivity index (χ1n) is 5.73. The fourth-order valence-electron chi connectivity index (χ4n) is 2.04. The normalized spacial score (nSPS) is 14.8. The second-order valence-corrected chi connectivity index (χ2v) is 4.54. The second kappa shape index (κ2) is 3.78. The zero-order chi connectivity index (χ0) is 13.7. The van der Waals surface area contributed by atoms with Gasteiger partial charge in [0.15, 0.2) is 11.6 Å². The summed E-state index contributed by atoms with van der Waals surface area (Å²) in [7, 11) is 0. The van der Waals surface area contributed by atoms with Crippen LogP contribution in [-0.2, 0) is 0 Å². The van der Waals surface area contributed by atoms with Gasteiger partial charge in [-0.25, -0.2) is 14.2 Å². The molecule has 0 aliphatic heterocycles. The van der Waals surface area contributed by atoms with Gasteiger partial charge < -0.3 is 15.4 Å². The highest BCUT2D eigenvalue weighted by molar-refractivity contribution is 5.92. The van der Waals surface area contributed by atoms with Gasteiger partial charge in [0.05, 0.1) is 5.39 Å². The highest BCUT2D eigenvalue weighted by Crippen LogP contribution is 2.36. The van der Waals surface area contributed by atoms with Crippen LogP contribution in [0.1, 0.15) is 29.2 Å². The molecule has 6 nitrogen and oxygen atoms in total. The molecule has 3 rings (SSSR count). The maximum Gasteiger partial charge on any atom is 0.341 e. The van der Waals surface area contributed by atoms with Crippen LogP contribution < -0.4 is 11.2 Å². The molecule has 0 unspecified atom stereocenters. The van der Waals surface area contributed by atoms with Crippen LogP contribution in [-0.4, -0.2) is 20.6 Å². The Kier molecular flexibility index (Phi) is 2.31. The van der Waals surface area contributed by atoms with Crippen LogP contribution in [0.3, 0.4) is 0 Å². The van der Waals surface area contributed by atoms with Crippen molar-refractivity contribution in [1.29, 1.82) is 0 Å². The molecule has 1 aliphatic carbocycles. The van der Waals surface area contributed by atoms with Gasteiger partial charge in [0.1, 0.15) is 11.2 Å². The summed E-state index contributed by atoms with van der Waals surface area (Å²) in [6.45, 7) is 0. The molecule has 0 aromatic carbocycles. The highest BCUT2D eigenvalue weighted by Gasteiger charge is 2.27. The molecule has 19 heavy (non-hydrogen) atoms. The van der Waals surface area contributed by atoms with E-state index in [0.717, 1.165) is 18.9 Å². The van der Waals surface area contributed by atoms with Crippen molar-refractivity contribution in [3.05, 3.63) is 33.9 Å². The standard InChI is InChI=1S/C12H10FN3O3/c13-8-3-6-9(17)7(12(18)19)4-16(5-1-2-5)11(6)15-10(8)14/h3-5H,1-2H2,(H2,14,15)(H,18,19). The van der Waals surface area contributed by atoms with Crippen molar-refractivity contribution in [3.8, 4) is 0 Å². The smallest absolute Gasteiger partial charge is 0.341 e. The third-order valence-electron chi connectivity index (χ3n) is 3.16. The zero-order valence-electron chi connectivity index (χ0n) is 9.76. The number of carbonyl (C=O) groups is 1. The SMILES string of the molecule is Nc1nc2c(cc1F)c(=O)c(C(=O)O)cn2C1CC1. The number of anilines is 1. The number of fused-ring (bicyclic) bond motifs is 1. The minimum atomic E-state index is -1.33. The summed E-state index contributed by atoms with van der Waals surface area (Å²) in [4.78, 5) is 26.9. The van der Waals surface area contributed by atoms with Crippen LogP contribution in [0.2, 0.25) is 0 Å². The van der Waals surface area contributed by atoms with Crippen molar-refractivity contribution in [2.24, 2.45) is 0 Å². The lowest BCUT2D eigenvalue weighted by Crippen LogP contribution is -2.20. The molecule has 98 valence electrons. The maximum absolute atomic E-state index is 13.4. The van der Waals surface area contributed by atoms with E-state index in [2.05, 4.69) is 4.98 Å². The molecule has 0 atom stereocenters. The number of aromatic carboxylic acids is 1.